The van der Waals surface area contributed by atoms with Gasteiger partial charge in [-0.05, 0) is 30.3 Å². The van der Waals surface area contributed by atoms with Gasteiger partial charge in [0.1, 0.15) is 0 Å². The van der Waals surface area contributed by atoms with Crippen molar-refractivity contribution in [3.05, 3.63) is 42.2 Å². The van der Waals surface area contributed by atoms with Crippen molar-refractivity contribution in [2.24, 2.45) is 0 Å². The topological polar surface area (TPSA) is 87.4 Å². The molecule has 2 aromatic rings. The van der Waals surface area contributed by atoms with Crippen molar-refractivity contribution in [3.63, 3.8) is 0 Å². The number of halogens is 1. The van der Waals surface area contributed by atoms with Gasteiger partial charge in [0.2, 0.25) is 0 Å². The minimum Gasteiger partial charge on any atom is -0.476 e. The number of aliphatic hydroxyl groups excluding tert-OH is 1. The van der Waals surface area contributed by atoms with E-state index in [2.05, 4.69) is 10.4 Å². The van der Waals surface area contributed by atoms with E-state index in [9.17, 15) is 9.90 Å². The van der Waals surface area contributed by atoms with Crippen molar-refractivity contribution in [3.8, 4) is 5.69 Å². The van der Waals surface area contributed by atoms with Gasteiger partial charge >= 0.3 is 5.97 Å². The van der Waals surface area contributed by atoms with E-state index in [1.165, 1.54) is 10.7 Å². The first-order valence-electron chi connectivity index (χ1n) is 5.97. The van der Waals surface area contributed by atoms with Crippen LogP contribution in [0.4, 0.5) is 5.69 Å². The van der Waals surface area contributed by atoms with E-state index < -0.39 is 12.1 Å². The summed E-state index contributed by atoms with van der Waals surface area (Å²) in [6, 6.07) is 8.67. The fourth-order valence-corrected chi connectivity index (χ4v) is 1.71. The molecular formula is C13H14ClN3O3. The predicted octanol–water partition coefficient (Wildman–Crippen LogP) is 1.58. The van der Waals surface area contributed by atoms with Gasteiger partial charge in [-0.1, -0.05) is 0 Å². The van der Waals surface area contributed by atoms with Gasteiger partial charge in [-0.15, -0.1) is 11.6 Å². The molecule has 0 aliphatic rings. The van der Waals surface area contributed by atoms with Gasteiger partial charge in [-0.25, -0.2) is 9.48 Å². The first-order valence-corrected chi connectivity index (χ1v) is 6.51. The van der Waals surface area contributed by atoms with Crippen LogP contribution in [0.2, 0.25) is 0 Å². The number of alkyl halides is 1. The molecule has 3 N–H and O–H groups in total. The van der Waals surface area contributed by atoms with E-state index in [1.807, 2.05) is 12.1 Å². The molecule has 0 saturated carbocycles. The smallest absolute Gasteiger partial charge is 0.356 e. The Hall–Kier alpha value is -2.05. The summed E-state index contributed by atoms with van der Waals surface area (Å²) >= 11 is 5.50. The van der Waals surface area contributed by atoms with Gasteiger partial charge in [-0.2, -0.15) is 5.10 Å². The van der Waals surface area contributed by atoms with Crippen LogP contribution in [0.3, 0.4) is 0 Å². The van der Waals surface area contributed by atoms with Crippen LogP contribution in [0, 0.1) is 0 Å². The largest absolute Gasteiger partial charge is 0.476 e. The molecule has 1 aromatic heterocycles. The molecule has 1 unspecified atom stereocenters. The van der Waals surface area contributed by atoms with E-state index in [0.717, 1.165) is 11.4 Å². The number of aromatic carboxylic acids is 1. The van der Waals surface area contributed by atoms with E-state index >= 15 is 0 Å². The molecule has 0 radical (unpaired) electrons. The van der Waals surface area contributed by atoms with Crippen molar-refractivity contribution in [1.29, 1.82) is 0 Å². The van der Waals surface area contributed by atoms with Crippen LogP contribution in [-0.4, -0.2) is 44.5 Å². The molecule has 0 spiro atoms. The normalized spacial score (nSPS) is 12.1. The molecule has 1 aromatic carbocycles. The Bertz CT molecular complexity index is 583. The molecule has 0 bridgehead atoms. The molecule has 0 amide bonds. The molecule has 2 rings (SSSR count). The second-order valence-corrected chi connectivity index (χ2v) is 4.50. The third-order valence-electron chi connectivity index (χ3n) is 2.66. The number of benzene rings is 1. The molecule has 1 heterocycles. The van der Waals surface area contributed by atoms with Crippen molar-refractivity contribution in [1.82, 2.24) is 9.78 Å². The maximum absolute atomic E-state index is 10.8. The zero-order valence-electron chi connectivity index (χ0n) is 10.5. The Morgan fingerprint density at radius 3 is 2.60 bits per heavy atom. The zero-order valence-corrected chi connectivity index (χ0v) is 11.3. The van der Waals surface area contributed by atoms with Crippen LogP contribution in [-0.2, 0) is 0 Å². The first kappa shape index (κ1) is 14.4. The number of hydrogen-bond donors (Lipinski definition) is 3. The summed E-state index contributed by atoms with van der Waals surface area (Å²) in [4.78, 5) is 10.8. The summed E-state index contributed by atoms with van der Waals surface area (Å²) in [7, 11) is 0. The minimum absolute atomic E-state index is 0.00237. The van der Waals surface area contributed by atoms with Crippen molar-refractivity contribution < 1.29 is 15.0 Å². The van der Waals surface area contributed by atoms with Gasteiger partial charge in [-0.3, -0.25) is 0 Å². The van der Waals surface area contributed by atoms with Crippen molar-refractivity contribution in [2.45, 2.75) is 6.10 Å². The quantitative estimate of drug-likeness (QED) is 0.704. The van der Waals surface area contributed by atoms with E-state index in [1.54, 1.807) is 18.3 Å². The molecule has 1 atom stereocenters. The highest BCUT2D eigenvalue weighted by Crippen LogP contribution is 2.13. The maximum Gasteiger partial charge on any atom is 0.356 e. The molecule has 20 heavy (non-hydrogen) atoms. The standard InChI is InChI=1S/C13H14ClN3O3/c14-7-11(18)8-15-9-1-3-10(4-2-9)17-6-5-12(16-17)13(19)20/h1-6,11,15,18H,7-8H2,(H,19,20). The number of carboxylic acid groups (broad SMARTS) is 1. The zero-order chi connectivity index (χ0) is 14.5. The van der Waals surface area contributed by atoms with Gasteiger partial charge < -0.3 is 15.5 Å². The van der Waals surface area contributed by atoms with Crippen LogP contribution in [0.15, 0.2) is 36.5 Å². The molecule has 106 valence electrons. The Kier molecular flexibility index (Phi) is 4.60. The second kappa shape index (κ2) is 6.40. The molecule has 0 aliphatic heterocycles. The fourth-order valence-electron chi connectivity index (χ4n) is 1.60. The number of carboxylic acids is 1. The highest BCUT2D eigenvalue weighted by Gasteiger charge is 2.07. The van der Waals surface area contributed by atoms with Crippen LogP contribution in [0.1, 0.15) is 10.5 Å². The summed E-state index contributed by atoms with van der Waals surface area (Å²) in [5.41, 5.74) is 1.59. The average Bonchev–Trinajstić information content (AvgIpc) is 2.95. The van der Waals surface area contributed by atoms with Gasteiger partial charge in [0.25, 0.3) is 0 Å². The number of anilines is 1. The highest BCUT2D eigenvalue weighted by atomic mass is 35.5. The first-order chi connectivity index (χ1) is 9.60. The van der Waals surface area contributed by atoms with Crippen LogP contribution in [0.25, 0.3) is 5.69 Å². The van der Waals surface area contributed by atoms with E-state index in [0.29, 0.717) is 6.54 Å². The lowest BCUT2D eigenvalue weighted by Gasteiger charge is -2.10. The van der Waals surface area contributed by atoms with Gasteiger partial charge in [0.15, 0.2) is 5.69 Å². The Morgan fingerprint density at radius 2 is 2.05 bits per heavy atom. The lowest BCUT2D eigenvalue weighted by atomic mass is 10.2. The summed E-state index contributed by atoms with van der Waals surface area (Å²) < 4.78 is 1.49. The summed E-state index contributed by atoms with van der Waals surface area (Å²) in [6.07, 6.45) is 0.990. The Labute approximate surface area is 120 Å². The minimum atomic E-state index is -1.06. The van der Waals surface area contributed by atoms with Gasteiger partial charge in [0.05, 0.1) is 17.7 Å². The second-order valence-electron chi connectivity index (χ2n) is 4.19. The summed E-state index contributed by atoms with van der Waals surface area (Å²) in [5, 5.41) is 25.1. The van der Waals surface area contributed by atoms with Crippen molar-refractivity contribution in [2.75, 3.05) is 17.7 Å². The number of nitrogens with zero attached hydrogens (tertiary/aromatic N) is 2. The summed E-state index contributed by atoms with van der Waals surface area (Å²) in [5.74, 6) is -0.881. The fraction of sp³-hybridized carbons (Fsp3) is 0.231. The average molecular weight is 296 g/mol. The number of carbonyl (C=O) groups is 1. The Morgan fingerprint density at radius 1 is 1.35 bits per heavy atom. The molecular weight excluding hydrogens is 282 g/mol. The third-order valence-corrected chi connectivity index (χ3v) is 3.02. The van der Waals surface area contributed by atoms with Crippen LogP contribution >= 0.6 is 11.6 Å². The molecule has 0 saturated heterocycles. The van der Waals surface area contributed by atoms with E-state index in [4.69, 9.17) is 16.7 Å². The third kappa shape index (κ3) is 3.49. The SMILES string of the molecule is O=C(O)c1ccn(-c2ccc(NCC(O)CCl)cc2)n1. The van der Waals surface area contributed by atoms with Crippen LogP contribution < -0.4 is 5.32 Å². The number of hydrogen-bond acceptors (Lipinski definition) is 4. The van der Waals surface area contributed by atoms with E-state index in [-0.39, 0.29) is 11.6 Å². The lowest BCUT2D eigenvalue weighted by Crippen LogP contribution is -2.20. The lowest BCUT2D eigenvalue weighted by molar-refractivity contribution is 0.0690. The van der Waals surface area contributed by atoms with Crippen molar-refractivity contribution >= 4 is 23.3 Å². The highest BCUT2D eigenvalue weighted by molar-refractivity contribution is 6.18. The monoisotopic (exact) mass is 295 g/mol. The predicted molar refractivity (Wildman–Crippen MR) is 75.7 cm³/mol. The molecule has 7 heteroatoms. The number of aliphatic hydroxyl groups is 1. The number of nitrogens with one attached hydrogen (secondary N) is 1. The maximum atomic E-state index is 10.8. The number of aromatic nitrogens is 2. The molecule has 6 nitrogen and oxygen atoms in total. The van der Waals surface area contributed by atoms with Crippen LogP contribution in [0.5, 0.6) is 0 Å². The number of rotatable bonds is 6. The molecule has 0 aliphatic carbocycles. The Balaban J connectivity index is 2.05. The molecule has 0 fully saturated rings. The summed E-state index contributed by atoms with van der Waals surface area (Å²) in [6.45, 7) is 0.369. The van der Waals surface area contributed by atoms with Gasteiger partial charge in [0, 0.05) is 18.4 Å².